The fraction of sp³-hybridized carbons (Fsp3) is 0.250. The highest BCUT2D eigenvalue weighted by Gasteiger charge is 2.05. The van der Waals surface area contributed by atoms with Crippen molar-refractivity contribution in [1.29, 1.82) is 0 Å². The molecule has 0 unspecified atom stereocenters. The summed E-state index contributed by atoms with van der Waals surface area (Å²) in [7, 11) is 1.58. The molecule has 0 aliphatic carbocycles. The minimum atomic E-state index is 0.466. The molecule has 0 atom stereocenters. The Labute approximate surface area is 84.8 Å². The van der Waals surface area contributed by atoms with Crippen molar-refractivity contribution in [3.05, 3.63) is 27.2 Å². The predicted octanol–water partition coefficient (Wildman–Crippen LogP) is 2.57. The lowest BCUT2D eigenvalue weighted by atomic mass is 10.2. The van der Waals surface area contributed by atoms with Gasteiger partial charge < -0.3 is 10.5 Å². The van der Waals surface area contributed by atoms with Crippen LogP contribution in [0.15, 0.2) is 16.6 Å². The number of hydrogen-bond acceptors (Lipinski definition) is 2. The molecule has 0 aromatic heterocycles. The summed E-state index contributed by atoms with van der Waals surface area (Å²) in [5, 5.41) is 0.585. The van der Waals surface area contributed by atoms with E-state index in [1.54, 1.807) is 13.2 Å². The molecule has 2 nitrogen and oxygen atoms in total. The van der Waals surface area contributed by atoms with Gasteiger partial charge in [-0.15, -0.1) is 0 Å². The van der Waals surface area contributed by atoms with E-state index >= 15 is 0 Å². The number of nitrogens with two attached hydrogens (primary N) is 1. The molecule has 0 radical (unpaired) electrons. The molecule has 1 aromatic rings. The van der Waals surface area contributed by atoms with Gasteiger partial charge in [0, 0.05) is 11.0 Å². The first-order valence-corrected chi connectivity index (χ1v) is 4.58. The Hall–Kier alpha value is -0.250. The van der Waals surface area contributed by atoms with Gasteiger partial charge >= 0.3 is 0 Å². The second kappa shape index (κ2) is 4.12. The van der Waals surface area contributed by atoms with Gasteiger partial charge in [-0.05, 0) is 17.7 Å². The number of hydrogen-bond donors (Lipinski definition) is 1. The maximum atomic E-state index is 5.86. The molecule has 12 heavy (non-hydrogen) atoms. The third-order valence-corrected chi connectivity index (χ3v) is 2.57. The van der Waals surface area contributed by atoms with Crippen LogP contribution in [0.2, 0.25) is 5.02 Å². The van der Waals surface area contributed by atoms with Gasteiger partial charge in [0.1, 0.15) is 5.75 Å². The highest BCUT2D eigenvalue weighted by atomic mass is 79.9. The topological polar surface area (TPSA) is 35.2 Å². The lowest BCUT2D eigenvalue weighted by Gasteiger charge is -2.06. The third-order valence-electron chi connectivity index (χ3n) is 1.54. The average Bonchev–Trinajstić information content (AvgIpc) is 2.05. The Balaban J connectivity index is 3.18. The molecule has 0 fully saturated rings. The van der Waals surface area contributed by atoms with Crippen molar-refractivity contribution in [2.45, 2.75) is 6.54 Å². The van der Waals surface area contributed by atoms with Gasteiger partial charge in [-0.3, -0.25) is 0 Å². The summed E-state index contributed by atoms with van der Waals surface area (Å²) in [5.74, 6) is 0.653. The molecular weight excluding hydrogens is 241 g/mol. The van der Waals surface area contributed by atoms with E-state index in [1.807, 2.05) is 6.07 Å². The first-order valence-electron chi connectivity index (χ1n) is 3.41. The highest BCUT2D eigenvalue weighted by molar-refractivity contribution is 9.10. The van der Waals surface area contributed by atoms with E-state index in [0.29, 0.717) is 17.3 Å². The van der Waals surface area contributed by atoms with Crippen molar-refractivity contribution < 1.29 is 4.74 Å². The Morgan fingerprint density at radius 2 is 2.25 bits per heavy atom. The molecule has 4 heteroatoms. The number of benzene rings is 1. The van der Waals surface area contributed by atoms with Crippen LogP contribution >= 0.6 is 27.5 Å². The first-order chi connectivity index (χ1) is 5.69. The Bertz CT molecular complexity index is 265. The van der Waals surface area contributed by atoms with Gasteiger partial charge in [-0.2, -0.15) is 0 Å². The Morgan fingerprint density at radius 3 is 2.75 bits per heavy atom. The van der Waals surface area contributed by atoms with Crippen molar-refractivity contribution in [2.75, 3.05) is 7.11 Å². The minimum Gasteiger partial charge on any atom is -0.495 e. The molecule has 0 saturated carbocycles. The van der Waals surface area contributed by atoms with Gasteiger partial charge in [-0.1, -0.05) is 27.5 Å². The lowest BCUT2D eigenvalue weighted by Crippen LogP contribution is -1.98. The van der Waals surface area contributed by atoms with E-state index in [2.05, 4.69) is 15.9 Å². The van der Waals surface area contributed by atoms with Gasteiger partial charge in [0.25, 0.3) is 0 Å². The van der Waals surface area contributed by atoms with Crippen molar-refractivity contribution in [1.82, 2.24) is 0 Å². The van der Waals surface area contributed by atoms with Crippen LogP contribution < -0.4 is 10.5 Å². The number of methoxy groups -OCH3 is 1. The van der Waals surface area contributed by atoms with Crippen LogP contribution in [-0.4, -0.2) is 7.11 Å². The molecule has 0 saturated heterocycles. The number of halogens is 2. The fourth-order valence-corrected chi connectivity index (χ4v) is 1.76. The predicted molar refractivity (Wildman–Crippen MR) is 53.6 cm³/mol. The summed E-state index contributed by atoms with van der Waals surface area (Å²) in [6, 6.07) is 3.61. The lowest BCUT2D eigenvalue weighted by molar-refractivity contribution is 0.414. The molecule has 0 aliphatic heterocycles. The summed E-state index contributed by atoms with van der Waals surface area (Å²) in [6.45, 7) is 0.466. The van der Waals surface area contributed by atoms with E-state index in [9.17, 15) is 0 Å². The van der Waals surface area contributed by atoms with Crippen LogP contribution in [0.5, 0.6) is 5.75 Å². The number of rotatable bonds is 2. The third kappa shape index (κ3) is 1.91. The van der Waals surface area contributed by atoms with E-state index < -0.39 is 0 Å². The molecule has 0 bridgehead atoms. The average molecular weight is 251 g/mol. The molecule has 0 aliphatic rings. The monoisotopic (exact) mass is 249 g/mol. The van der Waals surface area contributed by atoms with Gasteiger partial charge in [0.2, 0.25) is 0 Å². The van der Waals surface area contributed by atoms with Crippen LogP contribution in [0.1, 0.15) is 5.56 Å². The SMILES string of the molecule is COc1cc(CN)c(Br)cc1Cl. The van der Waals surface area contributed by atoms with Crippen molar-refractivity contribution >= 4 is 27.5 Å². The fourth-order valence-electron chi connectivity index (χ4n) is 0.884. The summed E-state index contributed by atoms with van der Waals surface area (Å²) >= 11 is 9.21. The second-order valence-electron chi connectivity index (χ2n) is 2.28. The smallest absolute Gasteiger partial charge is 0.137 e. The summed E-state index contributed by atoms with van der Waals surface area (Å²) in [4.78, 5) is 0. The largest absolute Gasteiger partial charge is 0.495 e. The zero-order valence-electron chi connectivity index (χ0n) is 6.60. The minimum absolute atomic E-state index is 0.466. The quantitative estimate of drug-likeness (QED) is 0.875. The van der Waals surface area contributed by atoms with E-state index in [-0.39, 0.29) is 0 Å². The van der Waals surface area contributed by atoms with Crippen LogP contribution in [-0.2, 0) is 6.54 Å². The summed E-state index contributed by atoms with van der Waals surface area (Å²) in [5.41, 5.74) is 6.48. The summed E-state index contributed by atoms with van der Waals surface area (Å²) < 4.78 is 5.95. The van der Waals surface area contributed by atoms with Crippen molar-refractivity contribution in [3.8, 4) is 5.75 Å². The zero-order chi connectivity index (χ0) is 9.14. The Morgan fingerprint density at radius 1 is 1.58 bits per heavy atom. The van der Waals surface area contributed by atoms with Crippen molar-refractivity contribution in [3.63, 3.8) is 0 Å². The standard InChI is InChI=1S/C8H9BrClNO/c1-12-8-2-5(4-11)6(9)3-7(8)10/h2-3H,4,11H2,1H3. The number of ether oxygens (including phenoxy) is 1. The van der Waals surface area contributed by atoms with E-state index in [4.69, 9.17) is 22.1 Å². The van der Waals surface area contributed by atoms with Crippen molar-refractivity contribution in [2.24, 2.45) is 5.73 Å². The van der Waals surface area contributed by atoms with Crippen LogP contribution in [0.3, 0.4) is 0 Å². The van der Waals surface area contributed by atoms with E-state index in [0.717, 1.165) is 10.0 Å². The van der Waals surface area contributed by atoms with Crippen LogP contribution in [0.4, 0.5) is 0 Å². The maximum absolute atomic E-state index is 5.86. The molecule has 2 N–H and O–H groups in total. The maximum Gasteiger partial charge on any atom is 0.137 e. The van der Waals surface area contributed by atoms with Crippen LogP contribution in [0, 0.1) is 0 Å². The molecule has 0 spiro atoms. The molecule has 0 heterocycles. The molecule has 1 rings (SSSR count). The Kier molecular flexibility index (Phi) is 3.38. The van der Waals surface area contributed by atoms with Crippen LogP contribution in [0.25, 0.3) is 0 Å². The van der Waals surface area contributed by atoms with Gasteiger partial charge in [-0.25, -0.2) is 0 Å². The van der Waals surface area contributed by atoms with E-state index in [1.165, 1.54) is 0 Å². The van der Waals surface area contributed by atoms with Gasteiger partial charge in [0.05, 0.1) is 12.1 Å². The normalized spacial score (nSPS) is 10.0. The summed E-state index contributed by atoms with van der Waals surface area (Å²) in [6.07, 6.45) is 0. The molecule has 0 amide bonds. The molecule has 1 aromatic carbocycles. The van der Waals surface area contributed by atoms with Gasteiger partial charge in [0.15, 0.2) is 0 Å². The highest BCUT2D eigenvalue weighted by Crippen LogP contribution is 2.30. The molecular formula is C8H9BrClNO. The molecule has 66 valence electrons. The second-order valence-corrected chi connectivity index (χ2v) is 3.54. The zero-order valence-corrected chi connectivity index (χ0v) is 8.95. The first kappa shape index (κ1) is 9.84.